The average molecular weight is 313 g/mol. The van der Waals surface area contributed by atoms with Crippen molar-refractivity contribution in [2.45, 2.75) is 30.2 Å². The number of benzene rings is 1. The van der Waals surface area contributed by atoms with Gasteiger partial charge in [0.25, 0.3) is 0 Å². The van der Waals surface area contributed by atoms with Crippen molar-refractivity contribution in [3.8, 4) is 6.07 Å². The van der Waals surface area contributed by atoms with Gasteiger partial charge in [-0.05, 0) is 18.9 Å². The van der Waals surface area contributed by atoms with Gasteiger partial charge < -0.3 is 0 Å². The van der Waals surface area contributed by atoms with Crippen LogP contribution in [0.2, 0.25) is 0 Å². The summed E-state index contributed by atoms with van der Waals surface area (Å²) >= 11 is 0. The molecule has 1 aromatic carbocycles. The summed E-state index contributed by atoms with van der Waals surface area (Å²) in [4.78, 5) is 9.18. The molecule has 2 rings (SSSR count). The van der Waals surface area contributed by atoms with E-state index in [0.29, 0.717) is 18.9 Å². The van der Waals surface area contributed by atoms with Crippen molar-refractivity contribution in [3.63, 3.8) is 0 Å². The largest absolute Gasteiger partial charge is 0.304 e. The number of nitro benzene ring substituents is 1. The fraction of sp³-hybridized carbons (Fsp3) is 0.417. The zero-order valence-corrected chi connectivity index (χ0v) is 11.6. The van der Waals surface area contributed by atoms with E-state index in [4.69, 9.17) is 5.26 Å². The van der Waals surface area contributed by atoms with Crippen LogP contribution < -0.4 is 4.72 Å². The van der Waals surface area contributed by atoms with E-state index in [-0.39, 0.29) is 0 Å². The number of hydrogen-bond donors (Lipinski definition) is 1. The van der Waals surface area contributed by atoms with E-state index < -0.39 is 43.3 Å². The lowest BCUT2D eigenvalue weighted by atomic mass is 10.1. The number of nitriles is 1. The second-order valence-electron chi connectivity index (χ2n) is 4.76. The molecule has 0 spiro atoms. The summed E-state index contributed by atoms with van der Waals surface area (Å²) in [5.74, 6) is -1.63. The second kappa shape index (κ2) is 5.75. The molecule has 1 fully saturated rings. The fourth-order valence-electron chi connectivity index (χ4n) is 2.33. The van der Waals surface area contributed by atoms with Crippen molar-refractivity contribution in [2.24, 2.45) is 5.92 Å². The minimum absolute atomic E-state index is 0.394. The highest BCUT2D eigenvalue weighted by Crippen LogP contribution is 2.27. The normalized spacial score (nSPS) is 21.9. The lowest BCUT2D eigenvalue weighted by Crippen LogP contribution is -2.36. The molecule has 21 heavy (non-hydrogen) atoms. The van der Waals surface area contributed by atoms with Gasteiger partial charge in [-0.3, -0.25) is 10.1 Å². The van der Waals surface area contributed by atoms with Gasteiger partial charge in [-0.1, -0.05) is 6.42 Å². The van der Waals surface area contributed by atoms with Crippen LogP contribution in [0, 0.1) is 33.2 Å². The molecule has 7 nitrogen and oxygen atoms in total. The van der Waals surface area contributed by atoms with Crippen molar-refractivity contribution < 1.29 is 17.7 Å². The fourth-order valence-corrected chi connectivity index (χ4v) is 3.65. The Bertz CT molecular complexity index is 714. The highest BCUT2D eigenvalue weighted by molar-refractivity contribution is 7.89. The van der Waals surface area contributed by atoms with Crippen LogP contribution in [0.4, 0.5) is 10.1 Å². The van der Waals surface area contributed by atoms with Crippen molar-refractivity contribution in [1.29, 1.82) is 5.26 Å². The highest BCUT2D eigenvalue weighted by Gasteiger charge is 2.31. The molecule has 9 heteroatoms. The lowest BCUT2D eigenvalue weighted by Gasteiger charge is -2.15. The Morgan fingerprint density at radius 1 is 1.43 bits per heavy atom. The number of sulfonamides is 1. The first-order chi connectivity index (χ1) is 9.85. The molecule has 0 amide bonds. The molecule has 0 aromatic heterocycles. The van der Waals surface area contributed by atoms with Crippen LogP contribution in [0.5, 0.6) is 0 Å². The van der Waals surface area contributed by atoms with Crippen molar-refractivity contribution >= 4 is 15.7 Å². The van der Waals surface area contributed by atoms with Gasteiger partial charge >= 0.3 is 5.69 Å². The predicted octanol–water partition coefficient (Wildman–Crippen LogP) is 1.70. The number of halogens is 1. The molecule has 0 radical (unpaired) electrons. The molecule has 1 N–H and O–H groups in total. The van der Waals surface area contributed by atoms with Crippen LogP contribution in [0.25, 0.3) is 0 Å². The Morgan fingerprint density at radius 3 is 2.71 bits per heavy atom. The van der Waals surface area contributed by atoms with Crippen molar-refractivity contribution in [3.05, 3.63) is 34.1 Å². The van der Waals surface area contributed by atoms with E-state index in [1.165, 1.54) is 0 Å². The third-order valence-electron chi connectivity index (χ3n) is 3.41. The lowest BCUT2D eigenvalue weighted by molar-refractivity contribution is -0.387. The predicted molar refractivity (Wildman–Crippen MR) is 70.1 cm³/mol. The minimum atomic E-state index is -4.02. The summed E-state index contributed by atoms with van der Waals surface area (Å²) in [5.41, 5.74) is -0.787. The Kier molecular flexibility index (Phi) is 4.20. The van der Waals surface area contributed by atoms with Crippen LogP contribution in [0.15, 0.2) is 23.1 Å². The number of hydrogen-bond acceptors (Lipinski definition) is 5. The third-order valence-corrected chi connectivity index (χ3v) is 4.90. The summed E-state index contributed by atoms with van der Waals surface area (Å²) < 4.78 is 40.1. The first-order valence-electron chi connectivity index (χ1n) is 6.21. The molecule has 0 heterocycles. The standard InChI is InChI=1S/C12H12FN3O4S/c13-10-6-9(4-5-12(10)16(17)18)21(19,20)15-11-3-1-2-8(11)7-14/h4-6,8,11,15H,1-3H2. The zero-order valence-electron chi connectivity index (χ0n) is 10.8. The topological polar surface area (TPSA) is 113 Å². The Labute approximate surface area is 120 Å². The number of nitro groups is 1. The number of nitrogens with zero attached hydrogens (tertiary/aromatic N) is 2. The van der Waals surface area contributed by atoms with Crippen LogP contribution >= 0.6 is 0 Å². The summed E-state index contributed by atoms with van der Waals surface area (Å²) in [6.07, 6.45) is 1.88. The van der Waals surface area contributed by atoms with Gasteiger partial charge in [0.15, 0.2) is 0 Å². The summed E-state index contributed by atoms with van der Waals surface area (Å²) in [7, 11) is -4.02. The highest BCUT2D eigenvalue weighted by atomic mass is 32.2. The maximum Gasteiger partial charge on any atom is 0.304 e. The first kappa shape index (κ1) is 15.3. The van der Waals surface area contributed by atoms with E-state index in [1.807, 2.05) is 6.07 Å². The van der Waals surface area contributed by atoms with Gasteiger partial charge in [0.1, 0.15) is 0 Å². The molecule has 0 saturated heterocycles. The van der Waals surface area contributed by atoms with E-state index in [0.717, 1.165) is 18.6 Å². The monoisotopic (exact) mass is 313 g/mol. The van der Waals surface area contributed by atoms with Crippen LogP contribution in [0.3, 0.4) is 0 Å². The molecule has 0 aliphatic heterocycles. The maximum absolute atomic E-state index is 13.5. The van der Waals surface area contributed by atoms with Gasteiger partial charge in [0, 0.05) is 18.2 Å². The summed E-state index contributed by atoms with van der Waals surface area (Å²) in [6.45, 7) is 0. The van der Waals surface area contributed by atoms with Crippen LogP contribution in [-0.4, -0.2) is 19.4 Å². The first-order valence-corrected chi connectivity index (χ1v) is 7.69. The van der Waals surface area contributed by atoms with Crippen molar-refractivity contribution in [1.82, 2.24) is 4.72 Å². The molecular formula is C12H12FN3O4S. The number of rotatable bonds is 4. The van der Waals surface area contributed by atoms with Crippen molar-refractivity contribution in [2.75, 3.05) is 0 Å². The Hall–Kier alpha value is -2.05. The van der Waals surface area contributed by atoms with Crippen LogP contribution in [-0.2, 0) is 10.0 Å². The van der Waals surface area contributed by atoms with Gasteiger partial charge in [-0.25, -0.2) is 13.1 Å². The minimum Gasteiger partial charge on any atom is -0.258 e. The molecule has 2 unspecified atom stereocenters. The molecule has 1 aliphatic carbocycles. The zero-order chi connectivity index (χ0) is 15.6. The van der Waals surface area contributed by atoms with E-state index >= 15 is 0 Å². The summed E-state index contributed by atoms with van der Waals surface area (Å²) in [5, 5.41) is 19.4. The molecule has 1 saturated carbocycles. The molecule has 1 aromatic rings. The van der Waals surface area contributed by atoms with Crippen LogP contribution in [0.1, 0.15) is 19.3 Å². The van der Waals surface area contributed by atoms with E-state index in [9.17, 15) is 22.9 Å². The molecule has 112 valence electrons. The maximum atomic E-state index is 13.5. The van der Waals surface area contributed by atoms with Gasteiger partial charge in [0.05, 0.1) is 21.8 Å². The summed E-state index contributed by atoms with van der Waals surface area (Å²) in [6, 6.07) is 3.90. The molecule has 1 aliphatic rings. The average Bonchev–Trinajstić information content (AvgIpc) is 2.84. The molecular weight excluding hydrogens is 301 g/mol. The third kappa shape index (κ3) is 3.17. The van der Waals surface area contributed by atoms with Gasteiger partial charge in [0.2, 0.25) is 15.8 Å². The Balaban J connectivity index is 2.26. The smallest absolute Gasteiger partial charge is 0.258 e. The SMILES string of the molecule is N#CC1CCCC1NS(=O)(=O)c1ccc([N+](=O)[O-])c(F)c1. The second-order valence-corrected chi connectivity index (χ2v) is 6.48. The van der Waals surface area contributed by atoms with E-state index in [1.54, 1.807) is 0 Å². The molecule has 0 bridgehead atoms. The van der Waals surface area contributed by atoms with Gasteiger partial charge in [-0.15, -0.1) is 0 Å². The quantitative estimate of drug-likeness (QED) is 0.671. The van der Waals surface area contributed by atoms with E-state index in [2.05, 4.69) is 4.72 Å². The molecule has 2 atom stereocenters. The Morgan fingerprint density at radius 2 is 2.14 bits per heavy atom. The van der Waals surface area contributed by atoms with Gasteiger partial charge in [-0.2, -0.15) is 9.65 Å². The number of nitrogens with one attached hydrogen (secondary N) is 1.